The molecule has 2 amide bonds. The van der Waals surface area contributed by atoms with E-state index in [1.165, 1.54) is 0 Å². The van der Waals surface area contributed by atoms with Crippen molar-refractivity contribution in [3.63, 3.8) is 0 Å². The standard InChI is InChI=1S/C15H26N2O4/c1-17(14(20)16-11-8-12(9-11)21-2)15(10-13(18)19)6-4-3-5-7-15/h11-12H,3-10H2,1-2H3,(H,16,20)(H,18,19). The number of carbonyl (C=O) groups excluding carboxylic acids is 1. The maximum absolute atomic E-state index is 12.4. The van der Waals surface area contributed by atoms with Gasteiger partial charge in [0.2, 0.25) is 0 Å². The number of rotatable bonds is 5. The number of nitrogens with one attached hydrogen (secondary N) is 1. The van der Waals surface area contributed by atoms with Gasteiger partial charge in [-0.2, -0.15) is 0 Å². The van der Waals surface area contributed by atoms with Crippen LogP contribution in [0.15, 0.2) is 0 Å². The molecule has 0 unspecified atom stereocenters. The van der Waals surface area contributed by atoms with E-state index in [9.17, 15) is 14.7 Å². The number of urea groups is 1. The van der Waals surface area contributed by atoms with Crippen LogP contribution in [0, 0.1) is 0 Å². The summed E-state index contributed by atoms with van der Waals surface area (Å²) in [6, 6.07) is -0.00642. The monoisotopic (exact) mass is 298 g/mol. The number of carboxylic acids is 1. The summed E-state index contributed by atoms with van der Waals surface area (Å²) in [5.41, 5.74) is -0.529. The van der Waals surface area contributed by atoms with Crippen molar-refractivity contribution in [2.45, 2.75) is 69.1 Å². The van der Waals surface area contributed by atoms with Gasteiger partial charge in [-0.1, -0.05) is 19.3 Å². The second-order valence-electron chi connectivity index (χ2n) is 6.39. The topological polar surface area (TPSA) is 78.9 Å². The molecule has 0 spiro atoms. The first kappa shape index (κ1) is 16.1. The van der Waals surface area contributed by atoms with Gasteiger partial charge in [0, 0.05) is 20.2 Å². The van der Waals surface area contributed by atoms with Crippen LogP contribution in [0.3, 0.4) is 0 Å². The van der Waals surface area contributed by atoms with Crippen molar-refractivity contribution in [2.75, 3.05) is 14.2 Å². The number of ether oxygens (including phenoxy) is 1. The summed E-state index contributed by atoms with van der Waals surface area (Å²) >= 11 is 0. The highest BCUT2D eigenvalue weighted by Gasteiger charge is 2.41. The molecule has 2 aliphatic carbocycles. The highest BCUT2D eigenvalue weighted by atomic mass is 16.5. The Morgan fingerprint density at radius 2 is 1.90 bits per heavy atom. The molecule has 2 rings (SSSR count). The largest absolute Gasteiger partial charge is 0.481 e. The normalized spacial score (nSPS) is 27.5. The third-order valence-electron chi connectivity index (χ3n) is 5.04. The van der Waals surface area contributed by atoms with Gasteiger partial charge >= 0.3 is 12.0 Å². The number of amides is 2. The van der Waals surface area contributed by atoms with Crippen molar-refractivity contribution in [3.8, 4) is 0 Å². The molecular formula is C15H26N2O4. The third-order valence-corrected chi connectivity index (χ3v) is 5.04. The first-order valence-electron chi connectivity index (χ1n) is 7.76. The number of aliphatic carboxylic acids is 1. The van der Waals surface area contributed by atoms with E-state index in [0.29, 0.717) is 0 Å². The van der Waals surface area contributed by atoms with Gasteiger partial charge in [0.15, 0.2) is 0 Å². The van der Waals surface area contributed by atoms with Crippen LogP contribution in [0.1, 0.15) is 51.4 Å². The minimum atomic E-state index is -0.834. The number of hydrogen-bond donors (Lipinski definition) is 2. The van der Waals surface area contributed by atoms with E-state index < -0.39 is 11.5 Å². The smallest absolute Gasteiger partial charge is 0.317 e. The fraction of sp³-hybridized carbons (Fsp3) is 0.867. The Bertz CT molecular complexity index is 387. The molecule has 0 saturated heterocycles. The van der Waals surface area contributed by atoms with Crippen molar-refractivity contribution in [1.82, 2.24) is 10.2 Å². The highest BCUT2D eigenvalue weighted by Crippen LogP contribution is 2.36. The zero-order valence-electron chi connectivity index (χ0n) is 12.9. The molecule has 2 fully saturated rings. The van der Waals surface area contributed by atoms with Crippen LogP contribution in [0.5, 0.6) is 0 Å². The van der Waals surface area contributed by atoms with Crippen LogP contribution in [0.25, 0.3) is 0 Å². The Kier molecular flexibility index (Phi) is 5.08. The quantitative estimate of drug-likeness (QED) is 0.813. The molecule has 2 saturated carbocycles. The summed E-state index contributed by atoms with van der Waals surface area (Å²) in [7, 11) is 3.41. The predicted molar refractivity (Wildman–Crippen MR) is 78.2 cm³/mol. The van der Waals surface area contributed by atoms with E-state index in [-0.39, 0.29) is 24.6 Å². The summed E-state index contributed by atoms with van der Waals surface area (Å²) in [6.45, 7) is 0. The van der Waals surface area contributed by atoms with Crippen LogP contribution in [0.4, 0.5) is 4.79 Å². The summed E-state index contributed by atoms with van der Waals surface area (Å²) in [5.74, 6) is -0.834. The van der Waals surface area contributed by atoms with Gasteiger partial charge in [-0.15, -0.1) is 0 Å². The van der Waals surface area contributed by atoms with Gasteiger partial charge in [0.25, 0.3) is 0 Å². The highest BCUT2D eigenvalue weighted by molar-refractivity contribution is 5.77. The molecule has 21 heavy (non-hydrogen) atoms. The van der Waals surface area contributed by atoms with Crippen LogP contribution < -0.4 is 5.32 Å². The average Bonchev–Trinajstić information content (AvgIpc) is 2.41. The molecule has 0 aromatic rings. The zero-order chi connectivity index (χ0) is 15.5. The van der Waals surface area contributed by atoms with Crippen molar-refractivity contribution in [2.24, 2.45) is 0 Å². The fourth-order valence-electron chi connectivity index (χ4n) is 3.48. The minimum Gasteiger partial charge on any atom is -0.481 e. The Labute approximate surface area is 125 Å². The van der Waals surface area contributed by atoms with Crippen LogP contribution in [-0.2, 0) is 9.53 Å². The molecule has 2 N–H and O–H groups in total. The molecule has 6 nitrogen and oxygen atoms in total. The first-order valence-corrected chi connectivity index (χ1v) is 7.76. The van der Waals surface area contributed by atoms with Crippen molar-refractivity contribution >= 4 is 12.0 Å². The summed E-state index contributed by atoms with van der Waals surface area (Å²) < 4.78 is 5.20. The van der Waals surface area contributed by atoms with E-state index in [0.717, 1.165) is 44.9 Å². The molecule has 0 bridgehead atoms. The number of carbonyl (C=O) groups is 2. The van der Waals surface area contributed by atoms with Crippen molar-refractivity contribution in [1.29, 1.82) is 0 Å². The lowest BCUT2D eigenvalue weighted by Gasteiger charge is -2.45. The molecule has 0 heterocycles. The third kappa shape index (κ3) is 3.67. The van der Waals surface area contributed by atoms with Gasteiger partial charge in [-0.25, -0.2) is 4.79 Å². The zero-order valence-corrected chi connectivity index (χ0v) is 12.9. The number of hydrogen-bond acceptors (Lipinski definition) is 3. The Balaban J connectivity index is 1.95. The molecule has 120 valence electrons. The molecule has 0 aromatic carbocycles. The van der Waals surface area contributed by atoms with Crippen molar-refractivity contribution in [3.05, 3.63) is 0 Å². The van der Waals surface area contributed by atoms with E-state index in [1.54, 1.807) is 19.1 Å². The number of carboxylic acid groups (broad SMARTS) is 1. The lowest BCUT2D eigenvalue weighted by molar-refractivity contribution is -0.140. The van der Waals surface area contributed by atoms with E-state index in [4.69, 9.17) is 4.74 Å². The van der Waals surface area contributed by atoms with Gasteiger partial charge in [-0.05, 0) is 25.7 Å². The lowest BCUT2D eigenvalue weighted by atomic mass is 9.78. The van der Waals surface area contributed by atoms with Crippen LogP contribution >= 0.6 is 0 Å². The Morgan fingerprint density at radius 1 is 1.29 bits per heavy atom. The van der Waals surface area contributed by atoms with Gasteiger partial charge in [0.05, 0.1) is 18.1 Å². The maximum Gasteiger partial charge on any atom is 0.317 e. The SMILES string of the molecule is COC1CC(NC(=O)N(C)C2(CC(=O)O)CCCCC2)C1. The molecular weight excluding hydrogens is 272 g/mol. The Hall–Kier alpha value is -1.30. The average molecular weight is 298 g/mol. The van der Waals surface area contributed by atoms with Crippen LogP contribution in [0.2, 0.25) is 0 Å². The summed E-state index contributed by atoms with van der Waals surface area (Å²) in [4.78, 5) is 25.2. The summed E-state index contributed by atoms with van der Waals surface area (Å²) in [6.07, 6.45) is 6.58. The second kappa shape index (κ2) is 6.64. The van der Waals surface area contributed by atoms with Gasteiger partial charge < -0.3 is 20.1 Å². The molecule has 0 atom stereocenters. The molecule has 0 aromatic heterocycles. The van der Waals surface area contributed by atoms with E-state index in [2.05, 4.69) is 5.32 Å². The molecule has 2 aliphatic rings. The molecule has 0 aliphatic heterocycles. The van der Waals surface area contributed by atoms with Gasteiger partial charge in [0.1, 0.15) is 0 Å². The maximum atomic E-state index is 12.4. The molecule has 6 heteroatoms. The second-order valence-corrected chi connectivity index (χ2v) is 6.39. The van der Waals surface area contributed by atoms with Crippen LogP contribution in [-0.4, -0.2) is 53.8 Å². The van der Waals surface area contributed by atoms with Crippen molar-refractivity contribution < 1.29 is 19.4 Å². The van der Waals surface area contributed by atoms with Gasteiger partial charge in [-0.3, -0.25) is 4.79 Å². The first-order chi connectivity index (χ1) is 9.97. The number of nitrogens with zero attached hydrogens (tertiary/aromatic N) is 1. The minimum absolute atomic E-state index is 0.0300. The molecule has 0 radical (unpaired) electrons. The lowest BCUT2D eigenvalue weighted by Crippen LogP contribution is -2.58. The summed E-state index contributed by atoms with van der Waals surface area (Å²) in [5, 5.41) is 12.2. The van der Waals surface area contributed by atoms with E-state index >= 15 is 0 Å². The number of methoxy groups -OCH3 is 1. The Morgan fingerprint density at radius 3 is 2.43 bits per heavy atom. The predicted octanol–water partition coefficient (Wildman–Crippen LogP) is 1.98. The fourth-order valence-corrected chi connectivity index (χ4v) is 3.48. The van der Waals surface area contributed by atoms with E-state index in [1.807, 2.05) is 0 Å².